The van der Waals surface area contributed by atoms with Crippen LogP contribution in [-0.4, -0.2) is 24.5 Å². The number of sulfone groups is 1. The Hall–Kier alpha value is -1.82. The van der Waals surface area contributed by atoms with E-state index in [1.54, 1.807) is 29.2 Å². The summed E-state index contributed by atoms with van der Waals surface area (Å²) in [5, 5.41) is 4.03. The summed E-state index contributed by atoms with van der Waals surface area (Å²) in [5.74, 6) is 0. The van der Waals surface area contributed by atoms with E-state index in [1.165, 1.54) is 12.1 Å². The van der Waals surface area contributed by atoms with Gasteiger partial charge in [-0.05, 0) is 24.3 Å². The molecule has 6 heteroatoms. The summed E-state index contributed by atoms with van der Waals surface area (Å²) in [5.41, 5.74) is 6.83. The maximum atomic E-state index is 11.3. The van der Waals surface area contributed by atoms with Gasteiger partial charge in [0.05, 0.1) is 16.3 Å². The second-order valence-corrected chi connectivity index (χ2v) is 5.46. The molecule has 0 aliphatic rings. The normalized spacial score (nSPS) is 11.6. The fraction of sp³-hybridized carbons (Fsp3) is 0.100. The van der Waals surface area contributed by atoms with E-state index in [-0.39, 0.29) is 4.90 Å². The number of benzene rings is 1. The average molecular weight is 237 g/mol. The van der Waals surface area contributed by atoms with Gasteiger partial charge in [-0.3, -0.25) is 0 Å². The van der Waals surface area contributed by atoms with Crippen molar-refractivity contribution in [3.05, 3.63) is 36.7 Å². The molecule has 2 N–H and O–H groups in total. The summed E-state index contributed by atoms with van der Waals surface area (Å²) in [7, 11) is -3.22. The van der Waals surface area contributed by atoms with Gasteiger partial charge >= 0.3 is 0 Å². The Labute approximate surface area is 93.4 Å². The SMILES string of the molecule is CS(=O)(=O)c1ccc(-n2cccn2)c(N)c1. The Balaban J connectivity index is 2.54. The van der Waals surface area contributed by atoms with Crippen molar-refractivity contribution in [3.63, 3.8) is 0 Å². The summed E-state index contributed by atoms with van der Waals surface area (Å²) < 4.78 is 24.2. The van der Waals surface area contributed by atoms with Gasteiger partial charge in [0.2, 0.25) is 0 Å². The minimum Gasteiger partial charge on any atom is -0.397 e. The van der Waals surface area contributed by atoms with Gasteiger partial charge in [0.15, 0.2) is 9.84 Å². The molecule has 0 atom stereocenters. The molecule has 0 saturated heterocycles. The van der Waals surface area contributed by atoms with Gasteiger partial charge in [0.25, 0.3) is 0 Å². The first-order valence-electron chi connectivity index (χ1n) is 4.58. The van der Waals surface area contributed by atoms with E-state index in [0.29, 0.717) is 11.4 Å². The molecule has 0 bridgehead atoms. The molecule has 0 fully saturated rings. The van der Waals surface area contributed by atoms with E-state index in [1.807, 2.05) is 0 Å². The maximum Gasteiger partial charge on any atom is 0.175 e. The number of nitrogens with zero attached hydrogens (tertiary/aromatic N) is 2. The number of hydrogen-bond acceptors (Lipinski definition) is 4. The number of rotatable bonds is 2. The average Bonchev–Trinajstić information content (AvgIpc) is 2.69. The minimum absolute atomic E-state index is 0.209. The highest BCUT2D eigenvalue weighted by Gasteiger charge is 2.10. The van der Waals surface area contributed by atoms with Crippen molar-refractivity contribution in [3.8, 4) is 5.69 Å². The second-order valence-electron chi connectivity index (χ2n) is 3.44. The highest BCUT2D eigenvalue weighted by molar-refractivity contribution is 7.90. The van der Waals surface area contributed by atoms with Crippen LogP contribution in [0.3, 0.4) is 0 Å². The molecule has 0 unspecified atom stereocenters. The van der Waals surface area contributed by atoms with Crippen LogP contribution in [0.2, 0.25) is 0 Å². The summed E-state index contributed by atoms with van der Waals surface area (Å²) in [4.78, 5) is 0.209. The summed E-state index contributed by atoms with van der Waals surface area (Å²) in [6, 6.07) is 6.36. The van der Waals surface area contributed by atoms with Crippen molar-refractivity contribution in [1.29, 1.82) is 0 Å². The van der Waals surface area contributed by atoms with Crippen molar-refractivity contribution < 1.29 is 8.42 Å². The van der Waals surface area contributed by atoms with Crippen LogP contribution in [0.4, 0.5) is 5.69 Å². The van der Waals surface area contributed by atoms with Crippen molar-refractivity contribution >= 4 is 15.5 Å². The molecule has 2 aromatic rings. The zero-order valence-electron chi connectivity index (χ0n) is 8.66. The lowest BCUT2D eigenvalue weighted by molar-refractivity contribution is 0.602. The molecule has 0 saturated carbocycles. The zero-order chi connectivity index (χ0) is 11.8. The first kappa shape index (κ1) is 10.7. The Kier molecular flexibility index (Phi) is 2.43. The predicted molar refractivity (Wildman–Crippen MR) is 61.1 cm³/mol. The molecule has 0 radical (unpaired) electrons. The molecule has 2 rings (SSSR count). The van der Waals surface area contributed by atoms with Crippen LogP contribution in [0.1, 0.15) is 0 Å². The first-order valence-corrected chi connectivity index (χ1v) is 6.47. The fourth-order valence-corrected chi connectivity index (χ4v) is 2.04. The van der Waals surface area contributed by atoms with Crippen molar-refractivity contribution in [2.75, 3.05) is 12.0 Å². The van der Waals surface area contributed by atoms with Crippen LogP contribution < -0.4 is 5.73 Å². The topological polar surface area (TPSA) is 78.0 Å². The quantitative estimate of drug-likeness (QED) is 0.786. The molecule has 0 aliphatic carbocycles. The van der Waals surface area contributed by atoms with Gasteiger partial charge in [-0.25, -0.2) is 13.1 Å². The largest absolute Gasteiger partial charge is 0.397 e. The maximum absolute atomic E-state index is 11.3. The van der Waals surface area contributed by atoms with Crippen LogP contribution >= 0.6 is 0 Å². The van der Waals surface area contributed by atoms with Crippen molar-refractivity contribution in [2.24, 2.45) is 0 Å². The molecule has 16 heavy (non-hydrogen) atoms. The first-order chi connectivity index (χ1) is 7.48. The van der Waals surface area contributed by atoms with Crippen molar-refractivity contribution in [2.45, 2.75) is 4.90 Å². The number of anilines is 1. The standard InChI is InChI=1S/C10H11N3O2S/c1-16(14,15)8-3-4-10(9(11)7-8)13-6-2-5-12-13/h2-7H,11H2,1H3. The van der Waals surface area contributed by atoms with Crippen molar-refractivity contribution in [1.82, 2.24) is 9.78 Å². The third-order valence-corrected chi connectivity index (χ3v) is 3.29. The third-order valence-electron chi connectivity index (χ3n) is 2.18. The number of nitrogens with two attached hydrogens (primary N) is 1. The van der Waals surface area contributed by atoms with E-state index < -0.39 is 9.84 Å². The highest BCUT2D eigenvalue weighted by Crippen LogP contribution is 2.20. The lowest BCUT2D eigenvalue weighted by atomic mass is 10.3. The van der Waals surface area contributed by atoms with E-state index in [4.69, 9.17) is 5.73 Å². The molecular formula is C10H11N3O2S. The molecule has 1 aromatic heterocycles. The number of nitrogen functional groups attached to an aromatic ring is 1. The molecule has 84 valence electrons. The Morgan fingerprint density at radius 1 is 1.38 bits per heavy atom. The van der Waals surface area contributed by atoms with Gasteiger partial charge in [0.1, 0.15) is 0 Å². The van der Waals surface area contributed by atoms with E-state index >= 15 is 0 Å². The molecule has 1 heterocycles. The van der Waals surface area contributed by atoms with Crippen LogP contribution in [0.15, 0.2) is 41.6 Å². The molecule has 5 nitrogen and oxygen atoms in total. The van der Waals surface area contributed by atoms with Crippen LogP contribution in [0, 0.1) is 0 Å². The van der Waals surface area contributed by atoms with Crippen LogP contribution in [-0.2, 0) is 9.84 Å². The lowest BCUT2D eigenvalue weighted by Gasteiger charge is -2.07. The van der Waals surface area contributed by atoms with E-state index in [0.717, 1.165) is 6.26 Å². The van der Waals surface area contributed by atoms with Gasteiger partial charge in [0, 0.05) is 18.6 Å². The van der Waals surface area contributed by atoms with E-state index in [2.05, 4.69) is 5.10 Å². The summed E-state index contributed by atoms with van der Waals surface area (Å²) in [6.45, 7) is 0. The van der Waals surface area contributed by atoms with E-state index in [9.17, 15) is 8.42 Å². The molecule has 0 aliphatic heterocycles. The van der Waals surface area contributed by atoms with Gasteiger partial charge in [-0.1, -0.05) is 0 Å². The van der Waals surface area contributed by atoms with Gasteiger partial charge < -0.3 is 5.73 Å². The molecule has 0 amide bonds. The smallest absolute Gasteiger partial charge is 0.175 e. The molecule has 1 aromatic carbocycles. The van der Waals surface area contributed by atoms with Gasteiger partial charge in [-0.15, -0.1) is 0 Å². The monoisotopic (exact) mass is 237 g/mol. The Bertz CT molecular complexity index is 603. The second kappa shape index (κ2) is 3.64. The summed E-state index contributed by atoms with van der Waals surface area (Å²) in [6.07, 6.45) is 4.52. The van der Waals surface area contributed by atoms with Crippen LogP contribution in [0.25, 0.3) is 5.69 Å². The number of hydrogen-bond donors (Lipinski definition) is 1. The lowest BCUT2D eigenvalue weighted by Crippen LogP contribution is -2.03. The van der Waals surface area contributed by atoms with Crippen LogP contribution in [0.5, 0.6) is 0 Å². The molecular weight excluding hydrogens is 226 g/mol. The number of aromatic nitrogens is 2. The van der Waals surface area contributed by atoms with Gasteiger partial charge in [-0.2, -0.15) is 5.10 Å². The Morgan fingerprint density at radius 2 is 2.12 bits per heavy atom. The third kappa shape index (κ3) is 1.92. The summed E-state index contributed by atoms with van der Waals surface area (Å²) >= 11 is 0. The highest BCUT2D eigenvalue weighted by atomic mass is 32.2. The minimum atomic E-state index is -3.22. The zero-order valence-corrected chi connectivity index (χ0v) is 9.48. The Morgan fingerprint density at radius 3 is 2.62 bits per heavy atom. The predicted octanol–water partition coefficient (Wildman–Crippen LogP) is 0.858. The molecule has 0 spiro atoms. The fourth-order valence-electron chi connectivity index (χ4n) is 1.38.